The Kier molecular flexibility index (Phi) is 6.21. The first kappa shape index (κ1) is 16.8. The molecule has 0 aliphatic carbocycles. The third-order valence-electron chi connectivity index (χ3n) is 3.29. The molecule has 1 heterocycles. The molecule has 0 saturated heterocycles. The van der Waals surface area contributed by atoms with Crippen LogP contribution in [0.2, 0.25) is 5.02 Å². The van der Waals surface area contributed by atoms with Gasteiger partial charge in [0.25, 0.3) is 0 Å². The minimum Gasteiger partial charge on any atom is -0.362 e. The number of aryl methyl sites for hydroxylation is 1. The number of halogens is 1. The summed E-state index contributed by atoms with van der Waals surface area (Å²) in [5.74, 6) is 0.537. The first-order valence-corrected chi connectivity index (χ1v) is 8.16. The Labute approximate surface area is 141 Å². The van der Waals surface area contributed by atoms with Gasteiger partial charge in [0, 0.05) is 25.0 Å². The van der Waals surface area contributed by atoms with E-state index in [2.05, 4.69) is 53.8 Å². The lowest BCUT2D eigenvalue weighted by molar-refractivity contribution is 0.574. The van der Waals surface area contributed by atoms with E-state index in [1.165, 1.54) is 5.56 Å². The zero-order valence-electron chi connectivity index (χ0n) is 12.8. The second-order valence-electron chi connectivity index (χ2n) is 5.43. The van der Waals surface area contributed by atoms with E-state index in [9.17, 15) is 0 Å². The fourth-order valence-corrected chi connectivity index (χ4v) is 2.41. The monoisotopic (exact) mass is 336 g/mol. The summed E-state index contributed by atoms with van der Waals surface area (Å²) in [6.07, 6.45) is 4.38. The molecule has 2 aromatic rings. The van der Waals surface area contributed by atoms with Crippen LogP contribution >= 0.6 is 23.8 Å². The van der Waals surface area contributed by atoms with Gasteiger partial charge >= 0.3 is 0 Å². The summed E-state index contributed by atoms with van der Waals surface area (Å²) in [5, 5.41) is 11.8. The Morgan fingerprint density at radius 3 is 2.64 bits per heavy atom. The lowest BCUT2D eigenvalue weighted by Gasteiger charge is -2.12. The van der Waals surface area contributed by atoms with Crippen molar-refractivity contribution in [2.45, 2.75) is 32.7 Å². The first-order chi connectivity index (χ1) is 10.5. The van der Waals surface area contributed by atoms with Gasteiger partial charge in [0.05, 0.1) is 11.2 Å². The highest BCUT2D eigenvalue weighted by molar-refractivity contribution is 7.80. The molecular weight excluding hydrogens is 316 g/mol. The highest BCUT2D eigenvalue weighted by atomic mass is 35.5. The van der Waals surface area contributed by atoms with E-state index in [1.807, 2.05) is 10.9 Å². The van der Waals surface area contributed by atoms with Gasteiger partial charge in [-0.3, -0.25) is 4.68 Å². The summed E-state index contributed by atoms with van der Waals surface area (Å²) < 4.78 is 1.82. The second kappa shape index (κ2) is 8.15. The van der Waals surface area contributed by atoms with Crippen LogP contribution in [-0.4, -0.2) is 21.4 Å². The van der Waals surface area contributed by atoms with E-state index < -0.39 is 0 Å². The maximum atomic E-state index is 5.81. The molecule has 0 aliphatic heterocycles. The number of thiocarbonyl (C=S) groups is 1. The summed E-state index contributed by atoms with van der Waals surface area (Å²) in [6.45, 7) is 5.96. The Morgan fingerprint density at radius 2 is 2.05 bits per heavy atom. The summed E-state index contributed by atoms with van der Waals surface area (Å²) in [7, 11) is 0. The summed E-state index contributed by atoms with van der Waals surface area (Å²) in [6, 6.07) is 8.35. The van der Waals surface area contributed by atoms with Crippen LogP contribution in [0.1, 0.15) is 31.7 Å². The largest absolute Gasteiger partial charge is 0.362 e. The average molecular weight is 337 g/mol. The number of nitrogens with one attached hydrogen (secondary N) is 2. The standard InChI is InChI=1S/C16H21ClN4S/c1-12(2)13-4-6-15(7-5-13)20-16(22)18-8-3-9-21-11-14(17)10-19-21/h4-7,10-12H,3,8-9H2,1-2H3,(H2,18,20,22). The topological polar surface area (TPSA) is 41.9 Å². The van der Waals surface area contributed by atoms with Gasteiger partial charge in [-0.2, -0.15) is 5.10 Å². The number of aromatic nitrogens is 2. The highest BCUT2D eigenvalue weighted by Gasteiger charge is 2.01. The predicted octanol–water partition coefficient (Wildman–Crippen LogP) is 4.04. The van der Waals surface area contributed by atoms with Gasteiger partial charge in [0.15, 0.2) is 5.11 Å². The van der Waals surface area contributed by atoms with Crippen LogP contribution in [0.5, 0.6) is 0 Å². The molecule has 4 nitrogen and oxygen atoms in total. The van der Waals surface area contributed by atoms with Crippen LogP contribution in [-0.2, 0) is 6.54 Å². The van der Waals surface area contributed by atoms with Gasteiger partial charge in [-0.15, -0.1) is 0 Å². The number of benzene rings is 1. The molecule has 118 valence electrons. The first-order valence-electron chi connectivity index (χ1n) is 7.37. The third-order valence-corrected chi connectivity index (χ3v) is 3.73. The highest BCUT2D eigenvalue weighted by Crippen LogP contribution is 2.16. The minimum absolute atomic E-state index is 0.537. The number of anilines is 1. The molecule has 1 aromatic carbocycles. The van der Waals surface area contributed by atoms with Crippen molar-refractivity contribution in [1.82, 2.24) is 15.1 Å². The van der Waals surface area contributed by atoms with E-state index in [1.54, 1.807) is 6.20 Å². The van der Waals surface area contributed by atoms with Gasteiger partial charge in [-0.05, 0) is 42.3 Å². The summed E-state index contributed by atoms with van der Waals surface area (Å²) in [4.78, 5) is 0. The molecule has 22 heavy (non-hydrogen) atoms. The third kappa shape index (κ3) is 5.31. The summed E-state index contributed by atoms with van der Waals surface area (Å²) in [5.41, 5.74) is 2.32. The number of rotatable bonds is 6. The zero-order valence-corrected chi connectivity index (χ0v) is 14.4. The SMILES string of the molecule is CC(C)c1ccc(NC(=S)NCCCn2cc(Cl)cn2)cc1. The van der Waals surface area contributed by atoms with Crippen LogP contribution in [0.3, 0.4) is 0 Å². The van der Waals surface area contributed by atoms with Crippen LogP contribution in [0.4, 0.5) is 5.69 Å². The van der Waals surface area contributed by atoms with Crippen molar-refractivity contribution >= 4 is 34.6 Å². The maximum Gasteiger partial charge on any atom is 0.170 e. The Bertz CT molecular complexity index is 607. The van der Waals surface area contributed by atoms with Crippen molar-refractivity contribution in [1.29, 1.82) is 0 Å². The fraction of sp³-hybridized carbons (Fsp3) is 0.375. The fourth-order valence-electron chi connectivity index (χ4n) is 2.03. The van der Waals surface area contributed by atoms with Gasteiger partial charge < -0.3 is 10.6 Å². The van der Waals surface area contributed by atoms with Crippen molar-refractivity contribution in [2.24, 2.45) is 0 Å². The second-order valence-corrected chi connectivity index (χ2v) is 6.28. The molecule has 0 saturated carbocycles. The Balaban J connectivity index is 1.69. The molecular formula is C16H21ClN4S. The van der Waals surface area contributed by atoms with Crippen LogP contribution in [0.15, 0.2) is 36.7 Å². The normalized spacial score (nSPS) is 10.7. The van der Waals surface area contributed by atoms with E-state index in [0.29, 0.717) is 16.1 Å². The van der Waals surface area contributed by atoms with Crippen LogP contribution in [0, 0.1) is 0 Å². The summed E-state index contributed by atoms with van der Waals surface area (Å²) >= 11 is 11.1. The Hall–Kier alpha value is -1.59. The minimum atomic E-state index is 0.537. The molecule has 1 aromatic heterocycles. The van der Waals surface area contributed by atoms with Gasteiger partial charge in [0.2, 0.25) is 0 Å². The quantitative estimate of drug-likeness (QED) is 0.617. The molecule has 2 rings (SSSR count). The molecule has 0 atom stereocenters. The van der Waals surface area contributed by atoms with Crippen molar-refractivity contribution in [3.8, 4) is 0 Å². The molecule has 0 radical (unpaired) electrons. The van der Waals surface area contributed by atoms with Crippen molar-refractivity contribution in [3.63, 3.8) is 0 Å². The molecule has 0 fully saturated rings. The van der Waals surface area contributed by atoms with Gasteiger partial charge in [0.1, 0.15) is 0 Å². The van der Waals surface area contributed by atoms with Crippen molar-refractivity contribution in [2.75, 3.05) is 11.9 Å². The zero-order chi connectivity index (χ0) is 15.9. The number of nitrogens with zero attached hydrogens (tertiary/aromatic N) is 2. The lowest BCUT2D eigenvalue weighted by atomic mass is 10.0. The molecule has 0 amide bonds. The Morgan fingerprint density at radius 1 is 1.32 bits per heavy atom. The number of hydrogen-bond acceptors (Lipinski definition) is 2. The predicted molar refractivity (Wildman–Crippen MR) is 96.6 cm³/mol. The molecule has 6 heteroatoms. The van der Waals surface area contributed by atoms with E-state index in [0.717, 1.165) is 25.2 Å². The van der Waals surface area contributed by atoms with Crippen LogP contribution in [0.25, 0.3) is 0 Å². The average Bonchev–Trinajstić information content (AvgIpc) is 2.90. The molecule has 0 unspecified atom stereocenters. The lowest BCUT2D eigenvalue weighted by Crippen LogP contribution is -2.29. The van der Waals surface area contributed by atoms with E-state index in [-0.39, 0.29) is 0 Å². The molecule has 2 N–H and O–H groups in total. The molecule has 0 aliphatic rings. The van der Waals surface area contributed by atoms with Gasteiger partial charge in [-0.1, -0.05) is 37.6 Å². The van der Waals surface area contributed by atoms with Gasteiger partial charge in [-0.25, -0.2) is 0 Å². The van der Waals surface area contributed by atoms with E-state index >= 15 is 0 Å². The maximum absolute atomic E-state index is 5.81. The molecule has 0 spiro atoms. The molecule has 0 bridgehead atoms. The van der Waals surface area contributed by atoms with Crippen LogP contribution < -0.4 is 10.6 Å². The van der Waals surface area contributed by atoms with Crippen molar-refractivity contribution in [3.05, 3.63) is 47.2 Å². The smallest absolute Gasteiger partial charge is 0.170 e. The van der Waals surface area contributed by atoms with E-state index in [4.69, 9.17) is 23.8 Å². The van der Waals surface area contributed by atoms with Crippen molar-refractivity contribution < 1.29 is 0 Å². The number of hydrogen-bond donors (Lipinski definition) is 2.